The Hall–Kier alpha value is -0.850. The molecular formula is C16H33N3O3. The van der Waals surface area contributed by atoms with E-state index in [0.717, 1.165) is 64.7 Å². The minimum absolute atomic E-state index is 0.628. The third-order valence-corrected chi connectivity index (χ3v) is 3.64. The van der Waals surface area contributed by atoms with Gasteiger partial charge in [-0.1, -0.05) is 0 Å². The van der Waals surface area contributed by atoms with Gasteiger partial charge in [-0.3, -0.25) is 4.99 Å². The van der Waals surface area contributed by atoms with Crippen LogP contribution < -0.4 is 5.32 Å². The van der Waals surface area contributed by atoms with Gasteiger partial charge in [0.15, 0.2) is 5.96 Å². The molecule has 1 unspecified atom stereocenters. The van der Waals surface area contributed by atoms with Crippen LogP contribution in [0.25, 0.3) is 0 Å². The van der Waals surface area contributed by atoms with Crippen LogP contribution in [-0.4, -0.2) is 77.7 Å². The number of nitrogens with one attached hydrogen (secondary N) is 1. The first kappa shape index (κ1) is 19.2. The van der Waals surface area contributed by atoms with Gasteiger partial charge in [0.1, 0.15) is 0 Å². The van der Waals surface area contributed by atoms with Crippen LogP contribution in [0.3, 0.4) is 0 Å². The van der Waals surface area contributed by atoms with E-state index in [1.807, 2.05) is 0 Å². The summed E-state index contributed by atoms with van der Waals surface area (Å²) in [5.74, 6) is 1.62. The minimum atomic E-state index is 0.628. The fourth-order valence-electron chi connectivity index (χ4n) is 2.42. The van der Waals surface area contributed by atoms with E-state index in [0.29, 0.717) is 19.1 Å². The number of nitrogens with zero attached hydrogens (tertiary/aromatic N) is 2. The van der Waals surface area contributed by atoms with E-state index in [4.69, 9.17) is 19.2 Å². The highest BCUT2D eigenvalue weighted by molar-refractivity contribution is 5.79. The molecule has 6 heteroatoms. The fraction of sp³-hybridized carbons (Fsp3) is 0.938. The van der Waals surface area contributed by atoms with Crippen LogP contribution in [0.15, 0.2) is 4.99 Å². The lowest BCUT2D eigenvalue weighted by molar-refractivity contribution is 0.0690. The van der Waals surface area contributed by atoms with Gasteiger partial charge in [0.05, 0.1) is 19.8 Å². The number of guanidine groups is 1. The molecule has 1 heterocycles. The van der Waals surface area contributed by atoms with Crippen molar-refractivity contribution >= 4 is 5.96 Å². The van der Waals surface area contributed by atoms with Crippen LogP contribution in [-0.2, 0) is 14.2 Å². The van der Waals surface area contributed by atoms with Gasteiger partial charge in [-0.25, -0.2) is 0 Å². The topological polar surface area (TPSA) is 55.3 Å². The summed E-state index contributed by atoms with van der Waals surface area (Å²) in [6.45, 7) is 8.74. The van der Waals surface area contributed by atoms with Crippen molar-refractivity contribution < 1.29 is 14.2 Å². The molecule has 0 aromatic rings. The largest absolute Gasteiger partial charge is 0.382 e. The van der Waals surface area contributed by atoms with E-state index in [1.165, 1.54) is 0 Å². The van der Waals surface area contributed by atoms with Crippen LogP contribution in [0.2, 0.25) is 0 Å². The van der Waals surface area contributed by atoms with Crippen molar-refractivity contribution in [2.45, 2.75) is 26.2 Å². The molecule has 6 nitrogen and oxygen atoms in total. The number of hydrogen-bond acceptors (Lipinski definition) is 4. The van der Waals surface area contributed by atoms with Crippen molar-refractivity contribution in [2.24, 2.45) is 10.9 Å². The summed E-state index contributed by atoms with van der Waals surface area (Å²) in [7, 11) is 3.79. The molecule has 0 aliphatic carbocycles. The highest BCUT2D eigenvalue weighted by Gasteiger charge is 2.18. The second-order valence-corrected chi connectivity index (χ2v) is 5.66. The highest BCUT2D eigenvalue weighted by Crippen LogP contribution is 2.13. The zero-order chi connectivity index (χ0) is 16.0. The maximum Gasteiger partial charge on any atom is 0.193 e. The number of hydrogen-bond donors (Lipinski definition) is 1. The lowest BCUT2D eigenvalue weighted by Crippen LogP contribution is -2.41. The first-order valence-electron chi connectivity index (χ1n) is 8.41. The summed E-state index contributed by atoms with van der Waals surface area (Å²) < 4.78 is 15.8. The Morgan fingerprint density at radius 2 is 2.18 bits per heavy atom. The molecule has 1 rings (SSSR count). The second kappa shape index (κ2) is 12.7. The van der Waals surface area contributed by atoms with Crippen molar-refractivity contribution in [2.75, 3.05) is 66.8 Å². The number of ether oxygens (including phenoxy) is 3. The van der Waals surface area contributed by atoms with Crippen LogP contribution in [0, 0.1) is 5.92 Å². The van der Waals surface area contributed by atoms with Gasteiger partial charge in [-0.15, -0.1) is 0 Å². The first-order valence-corrected chi connectivity index (χ1v) is 8.41. The third-order valence-electron chi connectivity index (χ3n) is 3.64. The maximum absolute atomic E-state index is 5.45. The molecular weight excluding hydrogens is 282 g/mol. The SMILES string of the molecule is CCNC(=NCCCCOCCOC)N(C)CC1CCOC1. The smallest absolute Gasteiger partial charge is 0.193 e. The predicted octanol–water partition coefficient (Wildman–Crippen LogP) is 1.36. The summed E-state index contributed by atoms with van der Waals surface area (Å²) in [6, 6.07) is 0. The number of methoxy groups -OCH3 is 1. The molecule has 0 bridgehead atoms. The van der Waals surface area contributed by atoms with Crippen LogP contribution in [0.4, 0.5) is 0 Å². The Bertz CT molecular complexity index is 294. The third kappa shape index (κ3) is 8.56. The Labute approximate surface area is 135 Å². The Morgan fingerprint density at radius 1 is 1.32 bits per heavy atom. The molecule has 0 aromatic heterocycles. The van der Waals surface area contributed by atoms with Gasteiger partial charge in [0.2, 0.25) is 0 Å². The first-order chi connectivity index (χ1) is 10.8. The normalized spacial score (nSPS) is 18.7. The number of aliphatic imine (C=N–C) groups is 1. The second-order valence-electron chi connectivity index (χ2n) is 5.66. The van der Waals surface area contributed by atoms with E-state index in [2.05, 4.69) is 24.2 Å². The molecule has 0 spiro atoms. The van der Waals surface area contributed by atoms with Gasteiger partial charge in [0, 0.05) is 52.9 Å². The summed E-state index contributed by atoms with van der Waals surface area (Å²) >= 11 is 0. The maximum atomic E-state index is 5.45. The Balaban J connectivity index is 2.19. The number of unbranched alkanes of at least 4 members (excludes halogenated alkanes) is 1. The molecule has 0 aromatic carbocycles. The Kier molecular flexibility index (Phi) is 11.1. The van der Waals surface area contributed by atoms with Crippen molar-refractivity contribution in [3.63, 3.8) is 0 Å². The van der Waals surface area contributed by atoms with Crippen molar-refractivity contribution in [3.05, 3.63) is 0 Å². The van der Waals surface area contributed by atoms with E-state index in [1.54, 1.807) is 7.11 Å². The highest BCUT2D eigenvalue weighted by atomic mass is 16.5. The molecule has 1 aliphatic rings. The van der Waals surface area contributed by atoms with Crippen LogP contribution in [0.1, 0.15) is 26.2 Å². The zero-order valence-corrected chi connectivity index (χ0v) is 14.5. The van der Waals surface area contributed by atoms with E-state index in [9.17, 15) is 0 Å². The van der Waals surface area contributed by atoms with Crippen molar-refractivity contribution in [1.29, 1.82) is 0 Å². The van der Waals surface area contributed by atoms with Gasteiger partial charge >= 0.3 is 0 Å². The Morgan fingerprint density at radius 3 is 2.86 bits per heavy atom. The quantitative estimate of drug-likeness (QED) is 0.354. The summed E-state index contributed by atoms with van der Waals surface area (Å²) in [5.41, 5.74) is 0. The molecule has 1 fully saturated rings. The molecule has 0 saturated carbocycles. The molecule has 22 heavy (non-hydrogen) atoms. The van der Waals surface area contributed by atoms with Crippen LogP contribution >= 0.6 is 0 Å². The van der Waals surface area contributed by atoms with Gasteiger partial charge in [-0.05, 0) is 26.2 Å². The molecule has 1 saturated heterocycles. The standard InChI is InChI=1S/C16H33N3O3/c1-4-17-16(19(2)13-15-7-10-22-14-15)18-8-5-6-9-21-12-11-20-3/h15H,4-14H2,1-3H3,(H,17,18). The lowest BCUT2D eigenvalue weighted by atomic mass is 10.1. The summed E-state index contributed by atoms with van der Waals surface area (Å²) in [5, 5.41) is 3.36. The van der Waals surface area contributed by atoms with Crippen LogP contribution in [0.5, 0.6) is 0 Å². The van der Waals surface area contributed by atoms with Gasteiger partial charge in [-0.2, -0.15) is 0 Å². The van der Waals surface area contributed by atoms with E-state index >= 15 is 0 Å². The van der Waals surface area contributed by atoms with E-state index < -0.39 is 0 Å². The van der Waals surface area contributed by atoms with Crippen molar-refractivity contribution in [3.8, 4) is 0 Å². The van der Waals surface area contributed by atoms with Crippen molar-refractivity contribution in [1.82, 2.24) is 10.2 Å². The summed E-state index contributed by atoms with van der Waals surface area (Å²) in [6.07, 6.45) is 3.23. The minimum Gasteiger partial charge on any atom is -0.382 e. The molecule has 0 radical (unpaired) electrons. The molecule has 130 valence electrons. The van der Waals surface area contributed by atoms with Gasteiger partial charge < -0.3 is 24.4 Å². The van der Waals surface area contributed by atoms with E-state index in [-0.39, 0.29) is 0 Å². The monoisotopic (exact) mass is 315 g/mol. The predicted molar refractivity (Wildman–Crippen MR) is 89.5 cm³/mol. The molecule has 1 atom stereocenters. The lowest BCUT2D eigenvalue weighted by Gasteiger charge is -2.24. The molecule has 1 N–H and O–H groups in total. The molecule has 1 aliphatic heterocycles. The zero-order valence-electron chi connectivity index (χ0n) is 14.5. The average molecular weight is 315 g/mol. The molecule has 0 amide bonds. The summed E-state index contributed by atoms with van der Waals surface area (Å²) in [4.78, 5) is 6.92. The number of rotatable bonds is 11. The van der Waals surface area contributed by atoms with Gasteiger partial charge in [0.25, 0.3) is 0 Å². The average Bonchev–Trinajstić information content (AvgIpc) is 3.01. The fourth-order valence-corrected chi connectivity index (χ4v) is 2.42.